The number of anilines is 1. The molecule has 9 nitrogen and oxygen atoms in total. The van der Waals surface area contributed by atoms with Gasteiger partial charge in [0.2, 0.25) is 10.0 Å². The average molecular weight is 536 g/mol. The summed E-state index contributed by atoms with van der Waals surface area (Å²) in [6, 6.07) is 17.2. The van der Waals surface area contributed by atoms with E-state index in [0.717, 1.165) is 22.4 Å². The number of nitrogens with zero attached hydrogens (tertiary/aromatic N) is 3. The molecule has 0 aliphatic heterocycles. The van der Waals surface area contributed by atoms with Crippen LogP contribution in [0.4, 0.5) is 5.82 Å². The molecule has 10 heteroatoms. The van der Waals surface area contributed by atoms with Crippen molar-refractivity contribution >= 4 is 15.8 Å². The van der Waals surface area contributed by atoms with E-state index in [0.29, 0.717) is 24.5 Å². The zero-order valence-electron chi connectivity index (χ0n) is 22.0. The summed E-state index contributed by atoms with van der Waals surface area (Å²) in [4.78, 5) is 4.61. The normalized spacial score (nSPS) is 11.9. The number of hydrogen-bond acceptors (Lipinski definition) is 7. The largest absolute Gasteiger partial charge is 0.508 e. The Kier molecular flexibility index (Phi) is 8.03. The van der Waals surface area contributed by atoms with Gasteiger partial charge in [0.1, 0.15) is 23.0 Å². The second kappa shape index (κ2) is 11.2. The molecular formula is C28H33N5O4S. The van der Waals surface area contributed by atoms with Crippen LogP contribution < -0.4 is 14.8 Å². The van der Waals surface area contributed by atoms with Gasteiger partial charge in [-0.3, -0.25) is 4.68 Å². The summed E-state index contributed by atoms with van der Waals surface area (Å²) < 4.78 is 34.6. The minimum Gasteiger partial charge on any atom is -0.508 e. The smallest absolute Gasteiger partial charge is 0.240 e. The average Bonchev–Trinajstić information content (AvgIpc) is 3.35. The number of methoxy groups -OCH3 is 1. The molecule has 4 rings (SSSR count). The maximum absolute atomic E-state index is 12.5. The maximum atomic E-state index is 12.5. The Balaban J connectivity index is 1.43. The number of rotatable bonds is 10. The molecule has 38 heavy (non-hydrogen) atoms. The summed E-state index contributed by atoms with van der Waals surface area (Å²) in [5.41, 5.74) is 3.20. The van der Waals surface area contributed by atoms with E-state index < -0.39 is 10.0 Å². The molecule has 2 aromatic carbocycles. The van der Waals surface area contributed by atoms with E-state index in [4.69, 9.17) is 9.84 Å². The lowest BCUT2D eigenvalue weighted by molar-refractivity contribution is 0.356. The van der Waals surface area contributed by atoms with Crippen LogP contribution in [0, 0.1) is 0 Å². The molecule has 2 aromatic heterocycles. The number of pyridine rings is 1. The molecule has 3 N–H and O–H groups in total. The van der Waals surface area contributed by atoms with Gasteiger partial charge in [0.15, 0.2) is 0 Å². The van der Waals surface area contributed by atoms with Gasteiger partial charge in [0.25, 0.3) is 0 Å². The first-order chi connectivity index (χ1) is 18.1. The molecule has 0 aliphatic carbocycles. The zero-order valence-corrected chi connectivity index (χ0v) is 22.8. The molecule has 0 saturated heterocycles. The van der Waals surface area contributed by atoms with Crippen LogP contribution in [0.5, 0.6) is 11.5 Å². The molecule has 0 radical (unpaired) electrons. The van der Waals surface area contributed by atoms with E-state index in [-0.39, 0.29) is 22.7 Å². The van der Waals surface area contributed by atoms with Crippen molar-refractivity contribution in [2.45, 2.75) is 37.6 Å². The molecular weight excluding hydrogens is 502 g/mol. The number of benzene rings is 2. The predicted octanol–water partition coefficient (Wildman–Crippen LogP) is 4.86. The van der Waals surface area contributed by atoms with E-state index in [2.05, 4.69) is 35.8 Å². The first-order valence-electron chi connectivity index (χ1n) is 12.3. The van der Waals surface area contributed by atoms with Crippen LogP contribution >= 0.6 is 0 Å². The van der Waals surface area contributed by atoms with Gasteiger partial charge >= 0.3 is 0 Å². The van der Waals surface area contributed by atoms with Gasteiger partial charge in [-0.2, -0.15) is 5.10 Å². The predicted molar refractivity (Wildman–Crippen MR) is 149 cm³/mol. The summed E-state index contributed by atoms with van der Waals surface area (Å²) in [5, 5.41) is 18.1. The number of nitrogens with one attached hydrogen (secondary N) is 2. The van der Waals surface area contributed by atoms with E-state index in [1.54, 1.807) is 36.5 Å². The summed E-state index contributed by atoms with van der Waals surface area (Å²) >= 11 is 0. The van der Waals surface area contributed by atoms with E-state index in [1.165, 1.54) is 19.2 Å². The van der Waals surface area contributed by atoms with Crippen molar-refractivity contribution in [3.8, 4) is 33.9 Å². The van der Waals surface area contributed by atoms with Crippen molar-refractivity contribution in [3.63, 3.8) is 0 Å². The Morgan fingerprint density at radius 3 is 2.45 bits per heavy atom. The molecule has 0 atom stereocenters. The van der Waals surface area contributed by atoms with E-state index in [9.17, 15) is 13.5 Å². The quantitative estimate of drug-likeness (QED) is 0.248. The molecule has 200 valence electrons. The lowest BCUT2D eigenvalue weighted by Crippen LogP contribution is -2.26. The van der Waals surface area contributed by atoms with Crippen molar-refractivity contribution < 1.29 is 18.3 Å². The van der Waals surface area contributed by atoms with E-state index >= 15 is 0 Å². The maximum Gasteiger partial charge on any atom is 0.240 e. The third-order valence-corrected chi connectivity index (χ3v) is 7.39. The molecule has 4 aromatic rings. The Morgan fingerprint density at radius 1 is 1.00 bits per heavy atom. The van der Waals surface area contributed by atoms with Crippen LogP contribution in [-0.2, 0) is 15.6 Å². The van der Waals surface area contributed by atoms with Crippen molar-refractivity contribution in [2.75, 3.05) is 25.5 Å². The van der Waals surface area contributed by atoms with Crippen LogP contribution in [0.25, 0.3) is 22.4 Å². The molecule has 0 spiro atoms. The number of aromatic hydroxyl groups is 1. The molecule has 0 bridgehead atoms. The van der Waals surface area contributed by atoms with Crippen molar-refractivity contribution in [3.05, 3.63) is 73.1 Å². The third-order valence-electron chi connectivity index (χ3n) is 5.91. The fraction of sp³-hybridized carbons (Fsp3) is 0.286. The number of ether oxygens (including phenoxy) is 1. The highest BCUT2D eigenvalue weighted by molar-refractivity contribution is 7.89. The van der Waals surface area contributed by atoms with Crippen LogP contribution in [0.2, 0.25) is 0 Å². The SMILES string of the molecule is COc1ccc(S(=O)(=O)NCCCNc2cc(-c3cn(C(C)(C)C)nc3-c3cccc(O)c3)ccn2)cc1. The van der Waals surface area contributed by atoms with Crippen LogP contribution in [0.1, 0.15) is 27.2 Å². The third kappa shape index (κ3) is 6.51. The van der Waals surface area contributed by atoms with Crippen molar-refractivity contribution in [2.24, 2.45) is 0 Å². The first kappa shape index (κ1) is 27.2. The number of phenolic OH excluding ortho intramolecular Hbond substituents is 1. The highest BCUT2D eigenvalue weighted by Gasteiger charge is 2.20. The van der Waals surface area contributed by atoms with Gasteiger partial charge < -0.3 is 15.2 Å². The van der Waals surface area contributed by atoms with Gasteiger partial charge in [-0.05, 0) is 81.3 Å². The molecule has 2 heterocycles. The number of sulfonamides is 1. The standard InChI is InChI=1S/C28H33N5O4S/c1-28(2,3)33-19-25(27(32-33)21-7-5-8-22(34)17-21)20-13-16-30-26(18-20)29-14-6-15-31-38(35,36)24-11-9-23(37-4)10-12-24/h5,7-13,16-19,31,34H,6,14-15H2,1-4H3,(H,29,30). The minimum absolute atomic E-state index is 0.179. The summed E-state index contributed by atoms with van der Waals surface area (Å²) in [6.45, 7) is 7.05. The highest BCUT2D eigenvalue weighted by atomic mass is 32.2. The van der Waals surface area contributed by atoms with Gasteiger partial charge in [0, 0.05) is 36.6 Å². The highest BCUT2D eigenvalue weighted by Crippen LogP contribution is 2.34. The molecule has 0 fully saturated rings. The fourth-order valence-corrected chi connectivity index (χ4v) is 4.91. The van der Waals surface area contributed by atoms with E-state index in [1.807, 2.05) is 29.1 Å². The molecule has 0 aliphatic rings. The topological polar surface area (TPSA) is 118 Å². The van der Waals surface area contributed by atoms with Gasteiger partial charge in [-0.15, -0.1) is 0 Å². The lowest BCUT2D eigenvalue weighted by atomic mass is 10.0. The van der Waals surface area contributed by atoms with Crippen molar-refractivity contribution in [1.29, 1.82) is 0 Å². The van der Waals surface area contributed by atoms with Crippen LogP contribution in [-0.4, -0.2) is 48.5 Å². The second-order valence-corrected chi connectivity index (χ2v) is 11.6. The Bertz CT molecular complexity index is 1490. The number of hydrogen-bond donors (Lipinski definition) is 3. The summed E-state index contributed by atoms with van der Waals surface area (Å²) in [5.74, 6) is 1.45. The van der Waals surface area contributed by atoms with Gasteiger partial charge in [0.05, 0.1) is 17.5 Å². The van der Waals surface area contributed by atoms with Crippen LogP contribution in [0.3, 0.4) is 0 Å². The Hall–Kier alpha value is -3.89. The summed E-state index contributed by atoms with van der Waals surface area (Å²) in [6.07, 6.45) is 4.30. The monoisotopic (exact) mass is 535 g/mol. The lowest BCUT2D eigenvalue weighted by Gasteiger charge is -2.18. The first-order valence-corrected chi connectivity index (χ1v) is 13.8. The van der Waals surface area contributed by atoms with Crippen LogP contribution in [0.15, 0.2) is 78.0 Å². The minimum atomic E-state index is -3.59. The Morgan fingerprint density at radius 2 is 1.76 bits per heavy atom. The number of aromatic nitrogens is 3. The number of phenols is 1. The van der Waals surface area contributed by atoms with Crippen molar-refractivity contribution in [1.82, 2.24) is 19.5 Å². The molecule has 0 amide bonds. The fourth-order valence-electron chi connectivity index (χ4n) is 3.84. The molecule has 0 saturated carbocycles. The molecule has 0 unspecified atom stereocenters. The van der Waals surface area contributed by atoms with Gasteiger partial charge in [-0.1, -0.05) is 12.1 Å². The van der Waals surface area contributed by atoms with Gasteiger partial charge in [-0.25, -0.2) is 18.1 Å². The summed E-state index contributed by atoms with van der Waals surface area (Å²) in [7, 11) is -2.06. The Labute approximate surface area is 223 Å². The zero-order chi connectivity index (χ0) is 27.3. The second-order valence-electron chi connectivity index (χ2n) is 9.84.